The Balaban J connectivity index is 2.40. The van der Waals surface area contributed by atoms with Crippen molar-refractivity contribution in [2.24, 2.45) is 0 Å². The average Bonchev–Trinajstić information content (AvgIpc) is 2.59. The fraction of sp³-hybridized carbons (Fsp3) is 0.800. The lowest BCUT2D eigenvalue weighted by atomic mass is 10.3. The van der Waals surface area contributed by atoms with E-state index in [9.17, 15) is 9.59 Å². The fourth-order valence-electron chi connectivity index (χ4n) is 2.60. The molecule has 0 spiro atoms. The highest BCUT2D eigenvalue weighted by molar-refractivity contribution is 5.84. The number of hydrogen-bond donors (Lipinski definition) is 0. The van der Waals surface area contributed by atoms with E-state index >= 15 is 0 Å². The predicted molar refractivity (Wildman–Crippen MR) is 58.6 cm³/mol. The van der Waals surface area contributed by atoms with Crippen LogP contribution >= 0.6 is 0 Å². The summed E-state index contributed by atoms with van der Waals surface area (Å²) in [4.78, 5) is 30.5. The van der Waals surface area contributed by atoms with Gasteiger partial charge in [-0.05, 0) is 13.8 Å². The van der Waals surface area contributed by atoms with Gasteiger partial charge < -0.3 is 14.7 Å². The summed E-state index contributed by atoms with van der Waals surface area (Å²) in [7, 11) is 5.22. The Bertz CT molecular complexity index is 344. The van der Waals surface area contributed by atoms with E-state index in [0.29, 0.717) is 0 Å². The Morgan fingerprint density at radius 2 is 1.31 bits per heavy atom. The van der Waals surface area contributed by atoms with Crippen LogP contribution in [0, 0.1) is 0 Å². The minimum absolute atomic E-state index is 0.0174. The van der Waals surface area contributed by atoms with Gasteiger partial charge >= 0.3 is 12.1 Å². The van der Waals surface area contributed by atoms with E-state index in [-0.39, 0.29) is 30.4 Å². The molecule has 0 unspecified atom stereocenters. The Morgan fingerprint density at radius 3 is 1.81 bits per heavy atom. The minimum Gasteiger partial charge on any atom is -0.303 e. The number of urea groups is 2. The van der Waals surface area contributed by atoms with E-state index in [1.54, 1.807) is 40.7 Å². The van der Waals surface area contributed by atoms with Crippen molar-refractivity contribution >= 4 is 12.1 Å². The molecule has 0 aromatic heterocycles. The Labute approximate surface area is 95.4 Å². The van der Waals surface area contributed by atoms with Crippen molar-refractivity contribution in [3.63, 3.8) is 0 Å². The Hall–Kier alpha value is -1.46. The number of carbonyl (C=O) groups excluding carboxylic acids is 2. The van der Waals surface area contributed by atoms with Crippen molar-refractivity contribution in [1.29, 1.82) is 0 Å². The van der Waals surface area contributed by atoms with Gasteiger partial charge in [-0.15, -0.1) is 0 Å². The van der Waals surface area contributed by atoms with Gasteiger partial charge in [-0.25, -0.2) is 9.59 Å². The van der Waals surface area contributed by atoms with Crippen molar-refractivity contribution in [2.45, 2.75) is 32.2 Å². The van der Waals surface area contributed by atoms with E-state index in [2.05, 4.69) is 0 Å². The van der Waals surface area contributed by atoms with Crippen molar-refractivity contribution in [1.82, 2.24) is 19.6 Å². The van der Waals surface area contributed by atoms with Crippen molar-refractivity contribution in [3.8, 4) is 0 Å². The maximum absolute atomic E-state index is 12.0. The quantitative estimate of drug-likeness (QED) is 0.650. The van der Waals surface area contributed by atoms with Crippen LogP contribution < -0.4 is 0 Å². The van der Waals surface area contributed by atoms with Gasteiger partial charge in [0.25, 0.3) is 0 Å². The van der Waals surface area contributed by atoms with Crippen LogP contribution in [0.15, 0.2) is 0 Å². The molecule has 2 atom stereocenters. The third-order valence-electron chi connectivity index (χ3n) is 3.42. The number of nitrogens with zero attached hydrogens (tertiary/aromatic N) is 4. The molecule has 0 N–H and O–H groups in total. The summed E-state index contributed by atoms with van der Waals surface area (Å²) < 4.78 is 0. The number of amides is 4. The van der Waals surface area contributed by atoms with E-state index in [0.717, 1.165) is 0 Å². The predicted octanol–water partition coefficient (Wildman–Crippen LogP) is 0.412. The molecule has 0 radical (unpaired) electrons. The second-order valence-electron chi connectivity index (χ2n) is 4.73. The molecule has 0 aliphatic carbocycles. The highest BCUT2D eigenvalue weighted by Crippen LogP contribution is 2.33. The molecule has 2 saturated heterocycles. The van der Waals surface area contributed by atoms with Crippen LogP contribution in [0.25, 0.3) is 0 Å². The van der Waals surface area contributed by atoms with Gasteiger partial charge in [-0.2, -0.15) is 0 Å². The molecule has 90 valence electrons. The number of hydrogen-bond acceptors (Lipinski definition) is 2. The third-order valence-corrected chi connectivity index (χ3v) is 3.42. The molecule has 6 heteroatoms. The number of fused-ring (bicyclic) bond motifs is 1. The van der Waals surface area contributed by atoms with E-state index in [4.69, 9.17) is 0 Å². The Kier molecular flexibility index (Phi) is 2.25. The molecule has 2 aliphatic rings. The Morgan fingerprint density at radius 1 is 0.875 bits per heavy atom. The zero-order valence-corrected chi connectivity index (χ0v) is 10.3. The molecule has 6 nitrogen and oxygen atoms in total. The maximum atomic E-state index is 12.0. The smallest absolute Gasteiger partial charge is 0.303 e. The second-order valence-corrected chi connectivity index (χ2v) is 4.73. The summed E-state index contributed by atoms with van der Waals surface area (Å²) >= 11 is 0. The molecule has 2 heterocycles. The molecule has 0 aromatic carbocycles. The molecule has 16 heavy (non-hydrogen) atoms. The van der Waals surface area contributed by atoms with Gasteiger partial charge in [-0.1, -0.05) is 0 Å². The molecule has 2 fully saturated rings. The van der Waals surface area contributed by atoms with Crippen molar-refractivity contribution < 1.29 is 9.59 Å². The van der Waals surface area contributed by atoms with Gasteiger partial charge in [0.15, 0.2) is 0 Å². The first-order chi connectivity index (χ1) is 7.37. The van der Waals surface area contributed by atoms with Gasteiger partial charge in [0.2, 0.25) is 0 Å². The number of likely N-dealkylation sites (N-methyl/N-ethyl adjacent to an activating group) is 3. The molecular weight excluding hydrogens is 208 g/mol. The first-order valence-corrected chi connectivity index (χ1v) is 5.42. The van der Waals surface area contributed by atoms with Crippen molar-refractivity contribution in [2.75, 3.05) is 21.1 Å². The molecule has 4 amide bonds. The summed E-state index contributed by atoms with van der Waals surface area (Å²) in [6, 6.07) is 0.0305. The summed E-state index contributed by atoms with van der Waals surface area (Å²) in [5.74, 6) is 0. The molecule has 2 aliphatic heterocycles. The van der Waals surface area contributed by atoms with Crippen LogP contribution in [0.4, 0.5) is 9.59 Å². The highest BCUT2D eigenvalue weighted by Gasteiger charge is 2.56. The van der Waals surface area contributed by atoms with E-state index in [1.807, 2.05) is 13.8 Å². The minimum atomic E-state index is -0.174. The monoisotopic (exact) mass is 226 g/mol. The van der Waals surface area contributed by atoms with Crippen LogP contribution in [-0.2, 0) is 0 Å². The lowest BCUT2D eigenvalue weighted by molar-refractivity contribution is 0.124. The highest BCUT2D eigenvalue weighted by atomic mass is 16.2. The summed E-state index contributed by atoms with van der Waals surface area (Å²) in [5, 5.41) is 0. The van der Waals surface area contributed by atoms with Crippen LogP contribution in [0.2, 0.25) is 0 Å². The molecule has 2 rings (SSSR count). The van der Waals surface area contributed by atoms with Crippen molar-refractivity contribution in [3.05, 3.63) is 0 Å². The lowest BCUT2D eigenvalue weighted by Crippen LogP contribution is -2.47. The van der Waals surface area contributed by atoms with Gasteiger partial charge in [0, 0.05) is 27.2 Å². The fourth-order valence-corrected chi connectivity index (χ4v) is 2.60. The van der Waals surface area contributed by atoms with Crippen LogP contribution in [0.3, 0.4) is 0 Å². The number of carbonyl (C=O) groups is 2. The summed E-state index contributed by atoms with van der Waals surface area (Å²) in [6.45, 7) is 3.93. The summed E-state index contributed by atoms with van der Waals surface area (Å²) in [6.07, 6.45) is -0.345. The SMILES string of the molecule is CC(C)N1C(=O)N(C)[C@H]2[C@H]1N(C)C(=O)N2C. The summed E-state index contributed by atoms with van der Waals surface area (Å²) in [5.41, 5.74) is 0. The molecular formula is C10H18N4O2. The normalized spacial score (nSPS) is 29.9. The average molecular weight is 226 g/mol. The van der Waals surface area contributed by atoms with Crippen LogP contribution in [-0.4, -0.2) is 71.2 Å². The van der Waals surface area contributed by atoms with Crippen LogP contribution in [0.1, 0.15) is 13.8 Å². The molecule has 0 bridgehead atoms. The topological polar surface area (TPSA) is 47.1 Å². The van der Waals surface area contributed by atoms with Gasteiger partial charge in [0.05, 0.1) is 0 Å². The maximum Gasteiger partial charge on any atom is 0.323 e. The van der Waals surface area contributed by atoms with E-state index < -0.39 is 0 Å². The third kappa shape index (κ3) is 1.12. The largest absolute Gasteiger partial charge is 0.323 e. The first-order valence-electron chi connectivity index (χ1n) is 5.42. The molecule has 0 saturated carbocycles. The van der Waals surface area contributed by atoms with E-state index in [1.165, 1.54) is 0 Å². The first kappa shape index (κ1) is 11.0. The zero-order chi connectivity index (χ0) is 12.2. The molecule has 0 aromatic rings. The second kappa shape index (κ2) is 3.26. The lowest BCUT2D eigenvalue weighted by Gasteiger charge is -2.29. The zero-order valence-electron chi connectivity index (χ0n) is 10.3. The number of rotatable bonds is 1. The van der Waals surface area contributed by atoms with Gasteiger partial charge in [-0.3, -0.25) is 4.90 Å². The van der Waals surface area contributed by atoms with Crippen LogP contribution in [0.5, 0.6) is 0 Å². The standard InChI is InChI=1S/C10H18N4O2/c1-6(2)14-8-7(12(4)10(14)16)11(3)9(15)13(8)5/h6-8H,1-5H3/t7-,8-/m0/s1. The van der Waals surface area contributed by atoms with Gasteiger partial charge in [0.1, 0.15) is 12.3 Å².